The average molecular weight is 309 g/mol. The molecule has 4 nitrogen and oxygen atoms in total. The van der Waals surface area contributed by atoms with Crippen LogP contribution < -0.4 is 10.6 Å². The number of carbonyl (C=O) groups excluding carboxylic acids is 1. The Morgan fingerprint density at radius 2 is 1.87 bits per heavy atom. The number of halogens is 1. The van der Waals surface area contributed by atoms with Gasteiger partial charge in [0.1, 0.15) is 17.5 Å². The smallest absolute Gasteiger partial charge is 0.267 e. The number of carbonyl (C=O) groups is 1. The number of hydrogen-bond donors (Lipinski definition) is 2. The molecule has 0 fully saturated rings. The predicted octanol–water partition coefficient (Wildman–Crippen LogP) is 3.90. The summed E-state index contributed by atoms with van der Waals surface area (Å²) in [5, 5.41) is 14.6. The summed E-state index contributed by atoms with van der Waals surface area (Å²) < 4.78 is 12.8. The zero-order chi connectivity index (χ0) is 16.8. The highest BCUT2D eigenvalue weighted by Crippen LogP contribution is 2.17. The Labute approximate surface area is 134 Å². The first-order valence-corrected chi connectivity index (χ1v) is 7.00. The fourth-order valence-electron chi connectivity index (χ4n) is 1.99. The first-order valence-electron chi connectivity index (χ1n) is 7.00. The molecule has 0 bridgehead atoms. The number of nitrogens with one attached hydrogen (secondary N) is 2. The highest BCUT2D eigenvalue weighted by Gasteiger charge is 2.10. The maximum absolute atomic E-state index is 12.8. The lowest BCUT2D eigenvalue weighted by Gasteiger charge is -2.09. The number of aryl methyl sites for hydroxylation is 2. The minimum absolute atomic E-state index is 0.0747. The maximum atomic E-state index is 12.8. The van der Waals surface area contributed by atoms with Crippen LogP contribution in [0.25, 0.3) is 0 Å². The molecule has 0 atom stereocenters. The normalized spacial score (nSPS) is 10.8. The molecule has 2 N–H and O–H groups in total. The standard InChI is InChI=1S/C18H16FN3O/c1-12-3-8-17(13(2)9-12)22-18(23)14(10-20)11-21-16-6-4-15(19)5-7-16/h3-9,11,21H,1-2H3,(H,22,23)/b14-11-. The molecular formula is C18H16FN3O. The van der Waals surface area contributed by atoms with Gasteiger partial charge in [0.2, 0.25) is 0 Å². The molecule has 1 amide bonds. The second-order valence-electron chi connectivity index (χ2n) is 5.09. The molecule has 2 rings (SSSR count). The predicted molar refractivity (Wildman–Crippen MR) is 88.3 cm³/mol. The SMILES string of the molecule is Cc1ccc(NC(=O)/C(C#N)=C\Nc2ccc(F)cc2)c(C)c1. The molecule has 0 radical (unpaired) electrons. The molecule has 2 aromatic carbocycles. The molecule has 0 saturated carbocycles. The van der Waals surface area contributed by atoms with Gasteiger partial charge in [-0.25, -0.2) is 4.39 Å². The van der Waals surface area contributed by atoms with Crippen molar-refractivity contribution in [1.82, 2.24) is 0 Å². The second kappa shape index (κ2) is 7.23. The maximum Gasteiger partial charge on any atom is 0.267 e. The Balaban J connectivity index is 2.10. The van der Waals surface area contributed by atoms with Crippen molar-refractivity contribution in [3.8, 4) is 6.07 Å². The van der Waals surface area contributed by atoms with Gasteiger partial charge in [0, 0.05) is 17.6 Å². The number of benzene rings is 2. The highest BCUT2D eigenvalue weighted by atomic mass is 19.1. The minimum atomic E-state index is -0.505. The van der Waals surface area contributed by atoms with E-state index in [1.807, 2.05) is 32.0 Å². The molecule has 0 aliphatic carbocycles. The molecule has 5 heteroatoms. The lowest BCUT2D eigenvalue weighted by Crippen LogP contribution is -2.15. The van der Waals surface area contributed by atoms with E-state index in [1.165, 1.54) is 30.5 Å². The Kier molecular flexibility index (Phi) is 5.11. The van der Waals surface area contributed by atoms with Crippen molar-refractivity contribution >= 4 is 17.3 Å². The third kappa shape index (κ3) is 4.42. The fraction of sp³-hybridized carbons (Fsp3) is 0.111. The van der Waals surface area contributed by atoms with Gasteiger partial charge < -0.3 is 10.6 Å². The van der Waals surface area contributed by atoms with Gasteiger partial charge >= 0.3 is 0 Å². The third-order valence-electron chi connectivity index (χ3n) is 3.22. The summed E-state index contributed by atoms with van der Waals surface area (Å²) >= 11 is 0. The van der Waals surface area contributed by atoms with Crippen molar-refractivity contribution in [2.45, 2.75) is 13.8 Å². The number of anilines is 2. The summed E-state index contributed by atoms with van der Waals surface area (Å²) in [6, 6.07) is 13.1. The van der Waals surface area contributed by atoms with Gasteiger partial charge in [0.15, 0.2) is 0 Å². The van der Waals surface area contributed by atoms with E-state index < -0.39 is 5.91 Å². The van der Waals surface area contributed by atoms with Crippen molar-refractivity contribution in [3.05, 3.63) is 71.2 Å². The van der Waals surface area contributed by atoms with Gasteiger partial charge in [-0.15, -0.1) is 0 Å². The Morgan fingerprint density at radius 3 is 2.48 bits per heavy atom. The van der Waals surface area contributed by atoms with Gasteiger partial charge in [-0.1, -0.05) is 17.7 Å². The van der Waals surface area contributed by atoms with Gasteiger partial charge in [-0.3, -0.25) is 4.79 Å². The average Bonchev–Trinajstić information content (AvgIpc) is 2.52. The van der Waals surface area contributed by atoms with E-state index in [0.717, 1.165) is 11.1 Å². The van der Waals surface area contributed by atoms with Gasteiger partial charge in [0.05, 0.1) is 0 Å². The van der Waals surface area contributed by atoms with E-state index >= 15 is 0 Å². The summed E-state index contributed by atoms with van der Waals surface area (Å²) in [5.41, 5.74) is 3.17. The third-order valence-corrected chi connectivity index (χ3v) is 3.22. The van der Waals surface area contributed by atoms with Crippen LogP contribution >= 0.6 is 0 Å². The number of amides is 1. The Morgan fingerprint density at radius 1 is 1.17 bits per heavy atom. The minimum Gasteiger partial charge on any atom is -0.360 e. The van der Waals surface area contributed by atoms with Crippen LogP contribution in [0.1, 0.15) is 11.1 Å². The van der Waals surface area contributed by atoms with Crippen LogP contribution in [0.5, 0.6) is 0 Å². The van der Waals surface area contributed by atoms with Crippen molar-refractivity contribution in [3.63, 3.8) is 0 Å². The zero-order valence-corrected chi connectivity index (χ0v) is 12.9. The van der Waals surface area contributed by atoms with Crippen molar-refractivity contribution in [2.75, 3.05) is 10.6 Å². The van der Waals surface area contributed by atoms with E-state index in [0.29, 0.717) is 11.4 Å². The van der Waals surface area contributed by atoms with Gasteiger partial charge in [-0.05, 0) is 49.7 Å². The molecule has 0 aliphatic heterocycles. The largest absolute Gasteiger partial charge is 0.360 e. The van der Waals surface area contributed by atoms with Crippen molar-refractivity contribution < 1.29 is 9.18 Å². The fourth-order valence-corrected chi connectivity index (χ4v) is 1.99. The molecule has 2 aromatic rings. The van der Waals surface area contributed by atoms with Crippen LogP contribution in [0.4, 0.5) is 15.8 Å². The van der Waals surface area contributed by atoms with E-state index in [-0.39, 0.29) is 11.4 Å². The van der Waals surface area contributed by atoms with Crippen LogP contribution in [-0.4, -0.2) is 5.91 Å². The first kappa shape index (κ1) is 16.2. The van der Waals surface area contributed by atoms with Gasteiger partial charge in [-0.2, -0.15) is 5.26 Å². The first-order chi connectivity index (χ1) is 11.0. The molecule has 0 aromatic heterocycles. The van der Waals surface area contributed by atoms with Crippen LogP contribution in [-0.2, 0) is 4.79 Å². The summed E-state index contributed by atoms with van der Waals surface area (Å²) in [6.07, 6.45) is 1.30. The van der Waals surface area contributed by atoms with Crippen LogP contribution in [0, 0.1) is 31.0 Å². The topological polar surface area (TPSA) is 64.9 Å². The van der Waals surface area contributed by atoms with Crippen LogP contribution in [0.2, 0.25) is 0 Å². The second-order valence-corrected chi connectivity index (χ2v) is 5.09. The molecule has 0 aliphatic rings. The summed E-state index contributed by atoms with van der Waals surface area (Å²) in [4.78, 5) is 12.2. The van der Waals surface area contributed by atoms with Crippen molar-refractivity contribution in [2.24, 2.45) is 0 Å². The zero-order valence-electron chi connectivity index (χ0n) is 12.9. The van der Waals surface area contributed by atoms with Crippen LogP contribution in [0.3, 0.4) is 0 Å². The number of nitriles is 1. The lowest BCUT2D eigenvalue weighted by atomic mass is 10.1. The number of nitrogens with zero attached hydrogens (tertiary/aromatic N) is 1. The lowest BCUT2D eigenvalue weighted by molar-refractivity contribution is -0.112. The number of hydrogen-bond acceptors (Lipinski definition) is 3. The quantitative estimate of drug-likeness (QED) is 0.665. The summed E-state index contributed by atoms with van der Waals surface area (Å²) in [7, 11) is 0. The summed E-state index contributed by atoms with van der Waals surface area (Å²) in [5.74, 6) is -0.860. The Bertz CT molecular complexity index is 789. The monoisotopic (exact) mass is 309 g/mol. The van der Waals surface area contributed by atoms with Crippen molar-refractivity contribution in [1.29, 1.82) is 5.26 Å². The summed E-state index contributed by atoms with van der Waals surface area (Å²) in [6.45, 7) is 3.85. The number of rotatable bonds is 4. The molecule has 23 heavy (non-hydrogen) atoms. The molecule has 0 unspecified atom stereocenters. The van der Waals surface area contributed by atoms with Crippen LogP contribution in [0.15, 0.2) is 54.2 Å². The van der Waals surface area contributed by atoms with Gasteiger partial charge in [0.25, 0.3) is 5.91 Å². The van der Waals surface area contributed by atoms with E-state index in [9.17, 15) is 9.18 Å². The molecular weight excluding hydrogens is 293 g/mol. The van der Waals surface area contributed by atoms with E-state index in [4.69, 9.17) is 5.26 Å². The highest BCUT2D eigenvalue weighted by molar-refractivity contribution is 6.07. The molecule has 0 saturated heterocycles. The van der Waals surface area contributed by atoms with E-state index in [1.54, 1.807) is 6.07 Å². The molecule has 0 heterocycles. The van der Waals surface area contributed by atoms with E-state index in [2.05, 4.69) is 10.6 Å². The molecule has 116 valence electrons. The molecule has 0 spiro atoms. The Hall–Kier alpha value is -3.13.